The quantitative estimate of drug-likeness (QED) is 0.381. The number of nitrogen functional groups attached to an aromatic ring is 1. The van der Waals surface area contributed by atoms with Crippen LogP contribution < -0.4 is 10.7 Å². The smallest absolute Gasteiger partial charge is 0.465 e. The third kappa shape index (κ3) is 4.98. The molecule has 1 amide bonds. The van der Waals surface area contributed by atoms with Crippen LogP contribution in [0.15, 0.2) is 54.6 Å². The number of carbonyl (C=O) groups is 2. The Kier molecular flexibility index (Phi) is 6.71. The van der Waals surface area contributed by atoms with E-state index < -0.39 is 17.1 Å². The van der Waals surface area contributed by atoms with E-state index in [-0.39, 0.29) is 10.7 Å². The van der Waals surface area contributed by atoms with Crippen LogP contribution in [-0.4, -0.2) is 29.3 Å². The summed E-state index contributed by atoms with van der Waals surface area (Å²) in [6, 6.07) is 14.2. The highest BCUT2D eigenvalue weighted by Crippen LogP contribution is 2.12. The molecule has 0 bridgehead atoms. The number of methoxy groups -OCH3 is 1. The van der Waals surface area contributed by atoms with E-state index in [1.165, 1.54) is 31.4 Å². The van der Waals surface area contributed by atoms with Crippen molar-refractivity contribution in [2.75, 3.05) is 17.9 Å². The Labute approximate surface area is 137 Å². The molecule has 0 fully saturated rings. The second-order valence-electron chi connectivity index (χ2n) is 4.25. The molecule has 2 aromatic rings. The van der Waals surface area contributed by atoms with Crippen LogP contribution in [0, 0.1) is 10.1 Å². The summed E-state index contributed by atoms with van der Waals surface area (Å²) in [6.45, 7) is 0. The molecule has 9 nitrogen and oxygen atoms in total. The van der Waals surface area contributed by atoms with Gasteiger partial charge in [-0.05, 0) is 24.3 Å². The molecule has 0 aliphatic rings. The molecule has 0 aliphatic carbocycles. The molecule has 0 atom stereocenters. The monoisotopic (exact) mass is 333 g/mol. The molecule has 0 spiro atoms. The van der Waals surface area contributed by atoms with Crippen molar-refractivity contribution in [1.29, 1.82) is 0 Å². The average Bonchev–Trinajstić information content (AvgIpc) is 2.55. The molecule has 0 aromatic heterocycles. The Morgan fingerprint density at radius 1 is 1.12 bits per heavy atom. The highest BCUT2D eigenvalue weighted by atomic mass is 16.7. The fraction of sp³-hybridized carbons (Fsp3) is 0.0667. The Morgan fingerprint density at radius 2 is 1.67 bits per heavy atom. The van der Waals surface area contributed by atoms with E-state index in [1.807, 2.05) is 0 Å². The molecule has 2 aromatic carbocycles. The summed E-state index contributed by atoms with van der Waals surface area (Å²) < 4.78 is 4.50. The Morgan fingerprint density at radius 3 is 2.12 bits per heavy atom. The van der Waals surface area contributed by atoms with Crippen LogP contribution in [0.3, 0.4) is 0 Å². The van der Waals surface area contributed by atoms with Gasteiger partial charge < -0.3 is 15.6 Å². The summed E-state index contributed by atoms with van der Waals surface area (Å²) in [5.74, 6) is -0.400. The van der Waals surface area contributed by atoms with Gasteiger partial charge in [0.05, 0.1) is 12.7 Å². The van der Waals surface area contributed by atoms with Crippen LogP contribution >= 0.6 is 0 Å². The van der Waals surface area contributed by atoms with E-state index in [0.717, 1.165) is 0 Å². The third-order valence-electron chi connectivity index (χ3n) is 2.71. The number of hydrazine groups is 1. The summed E-state index contributed by atoms with van der Waals surface area (Å²) >= 11 is 0. The standard InChI is InChI=1S/C8H9NO2.C7H6N2O4/c1-11-8(10)6-4-2-3-5-7(6)9;10-7(11)8(9(12)13)6-4-2-1-3-5-6/h2-5H,9H2,1H3;1-5H,(H,10,11). The molecule has 0 aliphatic heterocycles. The van der Waals surface area contributed by atoms with Crippen molar-refractivity contribution in [3.8, 4) is 0 Å². The van der Waals surface area contributed by atoms with Gasteiger partial charge in [-0.15, -0.1) is 0 Å². The van der Waals surface area contributed by atoms with Crippen molar-refractivity contribution in [3.63, 3.8) is 0 Å². The molecule has 0 heterocycles. The second-order valence-corrected chi connectivity index (χ2v) is 4.25. The van der Waals surface area contributed by atoms with Gasteiger partial charge in [-0.1, -0.05) is 30.3 Å². The zero-order chi connectivity index (χ0) is 18.1. The topological polar surface area (TPSA) is 136 Å². The van der Waals surface area contributed by atoms with Crippen molar-refractivity contribution in [3.05, 3.63) is 70.3 Å². The summed E-state index contributed by atoms with van der Waals surface area (Å²) in [4.78, 5) is 31.6. The van der Waals surface area contributed by atoms with Crippen LogP contribution in [-0.2, 0) is 4.74 Å². The van der Waals surface area contributed by atoms with Crippen LogP contribution in [0.25, 0.3) is 0 Å². The van der Waals surface area contributed by atoms with Gasteiger partial charge in [0, 0.05) is 10.7 Å². The van der Waals surface area contributed by atoms with Gasteiger partial charge >= 0.3 is 12.1 Å². The van der Waals surface area contributed by atoms with E-state index >= 15 is 0 Å². The minimum Gasteiger partial charge on any atom is -0.465 e. The lowest BCUT2D eigenvalue weighted by molar-refractivity contribution is -0.483. The van der Waals surface area contributed by atoms with E-state index in [9.17, 15) is 19.7 Å². The van der Waals surface area contributed by atoms with Crippen molar-refractivity contribution in [2.45, 2.75) is 0 Å². The van der Waals surface area contributed by atoms with Gasteiger partial charge in [-0.25, -0.2) is 19.7 Å². The molecule has 9 heteroatoms. The molecule has 126 valence electrons. The zero-order valence-corrected chi connectivity index (χ0v) is 12.7. The average molecular weight is 333 g/mol. The minimum atomic E-state index is -1.61. The van der Waals surface area contributed by atoms with Crippen LogP contribution in [0.2, 0.25) is 0 Å². The predicted molar refractivity (Wildman–Crippen MR) is 86.1 cm³/mol. The van der Waals surface area contributed by atoms with Gasteiger partial charge in [0.2, 0.25) is 0 Å². The summed E-state index contributed by atoms with van der Waals surface area (Å²) in [7, 11) is 1.33. The number of para-hydroxylation sites is 2. The highest BCUT2D eigenvalue weighted by Gasteiger charge is 2.25. The van der Waals surface area contributed by atoms with Crippen molar-refractivity contribution in [1.82, 2.24) is 0 Å². The Balaban J connectivity index is 0.000000243. The SMILES string of the molecule is COC(=O)c1ccccc1N.O=C(O)N(c1ccccc1)[N+](=O)[O-]. The van der Waals surface area contributed by atoms with Crippen LogP contribution in [0.5, 0.6) is 0 Å². The molecule has 3 N–H and O–H groups in total. The lowest BCUT2D eigenvalue weighted by Crippen LogP contribution is -2.34. The normalized spacial score (nSPS) is 9.21. The maximum Gasteiger partial charge on any atom is 0.470 e. The number of nitrogens with two attached hydrogens (primary N) is 1. The number of ether oxygens (including phenoxy) is 1. The van der Waals surface area contributed by atoms with E-state index in [1.54, 1.807) is 30.3 Å². The Bertz CT molecular complexity index is 706. The van der Waals surface area contributed by atoms with E-state index in [4.69, 9.17) is 10.8 Å². The largest absolute Gasteiger partial charge is 0.470 e. The maximum absolute atomic E-state index is 10.9. The number of nitro groups is 1. The van der Waals surface area contributed by atoms with Gasteiger partial charge in [-0.3, -0.25) is 0 Å². The first-order valence-electron chi connectivity index (χ1n) is 6.53. The maximum atomic E-state index is 10.9. The van der Waals surface area contributed by atoms with Gasteiger partial charge in [0.1, 0.15) is 5.69 Å². The lowest BCUT2D eigenvalue weighted by Gasteiger charge is -2.06. The first kappa shape index (κ1) is 18.4. The summed E-state index contributed by atoms with van der Waals surface area (Å²) in [5.41, 5.74) is 6.37. The number of carbonyl (C=O) groups excluding carboxylic acids is 1. The number of amides is 1. The van der Waals surface area contributed by atoms with Crippen molar-refractivity contribution < 1.29 is 24.5 Å². The van der Waals surface area contributed by atoms with Crippen LogP contribution in [0.1, 0.15) is 10.4 Å². The summed E-state index contributed by atoms with van der Waals surface area (Å²) in [6.07, 6.45) is -1.61. The number of carboxylic acid groups (broad SMARTS) is 1. The first-order valence-corrected chi connectivity index (χ1v) is 6.53. The zero-order valence-electron chi connectivity index (χ0n) is 12.7. The van der Waals surface area contributed by atoms with E-state index in [2.05, 4.69) is 4.74 Å². The molecule has 0 saturated heterocycles. The van der Waals surface area contributed by atoms with E-state index in [0.29, 0.717) is 11.3 Å². The third-order valence-corrected chi connectivity index (χ3v) is 2.71. The minimum absolute atomic E-state index is 0.0139. The number of benzene rings is 2. The predicted octanol–water partition coefficient (Wildman–Crippen LogP) is 2.42. The lowest BCUT2D eigenvalue weighted by atomic mass is 10.2. The van der Waals surface area contributed by atoms with Gasteiger partial charge in [0.15, 0.2) is 5.03 Å². The first-order chi connectivity index (χ1) is 11.4. The summed E-state index contributed by atoms with van der Waals surface area (Å²) in [5, 5.41) is 17.8. The van der Waals surface area contributed by atoms with Crippen molar-refractivity contribution >= 4 is 23.4 Å². The molecule has 0 saturated carbocycles. The van der Waals surface area contributed by atoms with Crippen molar-refractivity contribution in [2.24, 2.45) is 0 Å². The number of esters is 1. The van der Waals surface area contributed by atoms with Gasteiger partial charge in [-0.2, -0.15) is 0 Å². The molecular weight excluding hydrogens is 318 g/mol. The number of hydrogen-bond acceptors (Lipinski definition) is 6. The second kappa shape index (κ2) is 8.73. The molecular formula is C15H15N3O6. The number of anilines is 2. The molecule has 24 heavy (non-hydrogen) atoms. The van der Waals surface area contributed by atoms with Gasteiger partial charge in [0.25, 0.3) is 0 Å². The number of nitrogens with zero attached hydrogens (tertiary/aromatic N) is 2. The highest BCUT2D eigenvalue weighted by molar-refractivity contribution is 5.94. The fourth-order valence-corrected chi connectivity index (χ4v) is 1.64. The fourth-order valence-electron chi connectivity index (χ4n) is 1.64. The number of hydrogen-bond donors (Lipinski definition) is 2. The van der Waals surface area contributed by atoms with Crippen LogP contribution in [0.4, 0.5) is 16.2 Å². The number of rotatable bonds is 3. The molecule has 0 radical (unpaired) electrons. The Hall–Kier alpha value is -3.62. The molecule has 0 unspecified atom stereocenters. The molecule has 2 rings (SSSR count).